The van der Waals surface area contributed by atoms with Gasteiger partial charge in [0.2, 0.25) is 0 Å². The molecule has 4 nitrogen and oxygen atoms in total. The van der Waals surface area contributed by atoms with Gasteiger partial charge in [0.1, 0.15) is 11.4 Å². The molecule has 1 aromatic heterocycles. The molecule has 0 N–H and O–H groups in total. The van der Waals surface area contributed by atoms with Gasteiger partial charge in [-0.2, -0.15) is 0 Å². The van der Waals surface area contributed by atoms with E-state index in [1.165, 1.54) is 5.56 Å². The van der Waals surface area contributed by atoms with Crippen LogP contribution < -0.4 is 9.64 Å². The van der Waals surface area contributed by atoms with E-state index in [-0.39, 0.29) is 5.91 Å². The van der Waals surface area contributed by atoms with Crippen molar-refractivity contribution >= 4 is 22.4 Å². The maximum absolute atomic E-state index is 13.0. The Morgan fingerprint density at radius 2 is 2.08 bits per heavy atom. The smallest absolute Gasteiger partial charge is 0.276 e. The Balaban J connectivity index is 1.87. The topological polar surface area (TPSA) is 42.4 Å². The first-order valence-electron chi connectivity index (χ1n) is 8.02. The van der Waals surface area contributed by atoms with Crippen LogP contribution in [0.1, 0.15) is 28.9 Å². The number of ether oxygens (including phenoxy) is 1. The lowest BCUT2D eigenvalue weighted by atomic mass is 9.99. The fourth-order valence-corrected chi connectivity index (χ4v) is 3.41. The van der Waals surface area contributed by atoms with E-state index < -0.39 is 0 Å². The molecule has 0 bridgehead atoms. The first-order valence-corrected chi connectivity index (χ1v) is 8.02. The number of methoxy groups -OCH3 is 1. The van der Waals surface area contributed by atoms with Gasteiger partial charge < -0.3 is 9.64 Å². The van der Waals surface area contributed by atoms with E-state index in [9.17, 15) is 4.79 Å². The molecule has 2 heterocycles. The number of nitrogens with zero attached hydrogens (tertiary/aromatic N) is 2. The number of anilines is 1. The lowest BCUT2D eigenvalue weighted by Gasteiger charge is -2.19. The molecule has 1 amide bonds. The van der Waals surface area contributed by atoms with Crippen molar-refractivity contribution in [3.8, 4) is 5.75 Å². The summed E-state index contributed by atoms with van der Waals surface area (Å²) in [6.07, 6.45) is 1.65. The number of hydrogen-bond donors (Lipinski definition) is 0. The number of benzene rings is 2. The molecule has 0 saturated carbocycles. The molecular formula is C20H18N2O2. The van der Waals surface area contributed by atoms with Gasteiger partial charge in [-0.1, -0.05) is 25.1 Å². The average Bonchev–Trinajstić information content (AvgIpc) is 2.98. The third-order valence-corrected chi connectivity index (χ3v) is 4.62. The fraction of sp³-hybridized carbons (Fsp3) is 0.200. The minimum atomic E-state index is -0.0514. The number of carbonyl (C=O) groups excluding carboxylic acids is 1. The number of rotatable bonds is 2. The minimum absolute atomic E-state index is 0.0514. The minimum Gasteiger partial charge on any atom is -0.497 e. The van der Waals surface area contributed by atoms with Gasteiger partial charge in [-0.25, -0.2) is 0 Å². The normalized spacial score (nSPS) is 16.2. The summed E-state index contributed by atoms with van der Waals surface area (Å²) in [5.74, 6) is 1.07. The van der Waals surface area contributed by atoms with Crippen LogP contribution in [0.3, 0.4) is 0 Å². The molecular weight excluding hydrogens is 300 g/mol. The van der Waals surface area contributed by atoms with Crippen molar-refractivity contribution in [1.29, 1.82) is 0 Å². The largest absolute Gasteiger partial charge is 0.497 e. The van der Waals surface area contributed by atoms with Crippen LogP contribution in [0.15, 0.2) is 54.7 Å². The highest BCUT2D eigenvalue weighted by molar-refractivity contribution is 6.12. The highest BCUT2D eigenvalue weighted by atomic mass is 16.5. The van der Waals surface area contributed by atoms with Crippen molar-refractivity contribution in [2.75, 3.05) is 18.6 Å². The second-order valence-electron chi connectivity index (χ2n) is 6.12. The predicted molar refractivity (Wildman–Crippen MR) is 94.8 cm³/mol. The molecule has 4 rings (SSSR count). The average molecular weight is 318 g/mol. The molecule has 0 aliphatic carbocycles. The summed E-state index contributed by atoms with van der Waals surface area (Å²) in [4.78, 5) is 19.0. The van der Waals surface area contributed by atoms with Gasteiger partial charge in [0, 0.05) is 24.0 Å². The van der Waals surface area contributed by atoms with E-state index in [0.717, 1.165) is 22.2 Å². The molecule has 2 aromatic carbocycles. The highest BCUT2D eigenvalue weighted by Crippen LogP contribution is 2.42. The maximum atomic E-state index is 13.0. The van der Waals surface area contributed by atoms with E-state index in [4.69, 9.17) is 4.74 Å². The Morgan fingerprint density at radius 3 is 2.83 bits per heavy atom. The quantitative estimate of drug-likeness (QED) is 0.717. The lowest BCUT2D eigenvalue weighted by molar-refractivity contribution is 0.0984. The van der Waals surface area contributed by atoms with Crippen LogP contribution >= 0.6 is 0 Å². The van der Waals surface area contributed by atoms with E-state index in [1.807, 2.05) is 35.2 Å². The summed E-state index contributed by atoms with van der Waals surface area (Å²) in [6, 6.07) is 15.6. The van der Waals surface area contributed by atoms with Gasteiger partial charge in [0.05, 0.1) is 12.8 Å². The highest BCUT2D eigenvalue weighted by Gasteiger charge is 2.32. The first kappa shape index (κ1) is 14.7. The second kappa shape index (κ2) is 5.64. The Morgan fingerprint density at radius 1 is 1.21 bits per heavy atom. The van der Waals surface area contributed by atoms with Crippen LogP contribution in [0.25, 0.3) is 10.8 Å². The zero-order valence-electron chi connectivity index (χ0n) is 13.7. The van der Waals surface area contributed by atoms with Gasteiger partial charge in [0.15, 0.2) is 0 Å². The first-order chi connectivity index (χ1) is 11.7. The summed E-state index contributed by atoms with van der Waals surface area (Å²) >= 11 is 0. The SMILES string of the molecule is COc1ccc2c3c(ccc2c1)[C@@H](C)CN3C(=O)c1ccccn1. The second-order valence-corrected chi connectivity index (χ2v) is 6.12. The third kappa shape index (κ3) is 2.22. The van der Waals surface area contributed by atoms with Gasteiger partial charge in [-0.15, -0.1) is 0 Å². The van der Waals surface area contributed by atoms with Crippen LogP contribution in [0.2, 0.25) is 0 Å². The number of carbonyl (C=O) groups is 1. The fourth-order valence-electron chi connectivity index (χ4n) is 3.41. The summed E-state index contributed by atoms with van der Waals surface area (Å²) in [6.45, 7) is 2.83. The molecule has 1 aliphatic rings. The summed E-state index contributed by atoms with van der Waals surface area (Å²) in [5.41, 5.74) is 2.68. The van der Waals surface area contributed by atoms with Crippen molar-refractivity contribution in [2.24, 2.45) is 0 Å². The maximum Gasteiger partial charge on any atom is 0.276 e. The number of aromatic nitrogens is 1. The van der Waals surface area contributed by atoms with Crippen molar-refractivity contribution in [2.45, 2.75) is 12.8 Å². The Labute approximate surface area is 140 Å². The van der Waals surface area contributed by atoms with E-state index in [1.54, 1.807) is 19.4 Å². The molecule has 0 spiro atoms. The summed E-state index contributed by atoms with van der Waals surface area (Å²) in [5, 5.41) is 2.14. The standard InChI is InChI=1S/C20H18N2O2/c1-13-12-22(20(23)18-5-3-4-10-21-18)19-16(13)8-6-14-11-15(24-2)7-9-17(14)19/h3-11,13H,12H2,1-2H3/t13-/m0/s1. The van der Waals surface area contributed by atoms with E-state index in [2.05, 4.69) is 24.0 Å². The van der Waals surface area contributed by atoms with E-state index >= 15 is 0 Å². The number of hydrogen-bond acceptors (Lipinski definition) is 3. The Hall–Kier alpha value is -2.88. The molecule has 120 valence electrons. The van der Waals surface area contributed by atoms with E-state index in [0.29, 0.717) is 18.2 Å². The molecule has 0 saturated heterocycles. The molecule has 1 aliphatic heterocycles. The van der Waals surface area contributed by atoms with Crippen molar-refractivity contribution in [3.63, 3.8) is 0 Å². The Bertz CT molecular complexity index is 922. The van der Waals surface area contributed by atoms with Gasteiger partial charge in [-0.05, 0) is 41.3 Å². The van der Waals surface area contributed by atoms with Gasteiger partial charge >= 0.3 is 0 Å². The summed E-state index contributed by atoms with van der Waals surface area (Å²) in [7, 11) is 1.66. The van der Waals surface area contributed by atoms with Crippen LogP contribution in [-0.4, -0.2) is 24.5 Å². The molecule has 0 fully saturated rings. The number of amides is 1. The third-order valence-electron chi connectivity index (χ3n) is 4.62. The summed E-state index contributed by atoms with van der Waals surface area (Å²) < 4.78 is 5.32. The van der Waals surface area contributed by atoms with Crippen LogP contribution in [-0.2, 0) is 0 Å². The van der Waals surface area contributed by atoms with Crippen molar-refractivity contribution in [3.05, 3.63) is 66.0 Å². The molecule has 0 unspecified atom stereocenters. The molecule has 1 atom stereocenters. The van der Waals surface area contributed by atoms with Crippen LogP contribution in [0.4, 0.5) is 5.69 Å². The number of pyridine rings is 1. The Kier molecular flexibility index (Phi) is 3.45. The van der Waals surface area contributed by atoms with Gasteiger partial charge in [0.25, 0.3) is 5.91 Å². The molecule has 4 heteroatoms. The monoisotopic (exact) mass is 318 g/mol. The van der Waals surface area contributed by atoms with Crippen molar-refractivity contribution < 1.29 is 9.53 Å². The lowest BCUT2D eigenvalue weighted by Crippen LogP contribution is -2.30. The zero-order chi connectivity index (χ0) is 16.7. The molecule has 3 aromatic rings. The number of fused-ring (bicyclic) bond motifs is 3. The molecule has 24 heavy (non-hydrogen) atoms. The van der Waals surface area contributed by atoms with Crippen LogP contribution in [0.5, 0.6) is 5.75 Å². The predicted octanol–water partition coefficient (Wildman–Crippen LogP) is 4.01. The van der Waals surface area contributed by atoms with Gasteiger partial charge in [-0.3, -0.25) is 9.78 Å². The molecule has 0 radical (unpaired) electrons. The zero-order valence-corrected chi connectivity index (χ0v) is 13.7. The van der Waals surface area contributed by atoms with Crippen LogP contribution in [0, 0.1) is 0 Å². The van der Waals surface area contributed by atoms with Crippen molar-refractivity contribution in [1.82, 2.24) is 4.98 Å².